The number of anilines is 1. The quantitative estimate of drug-likeness (QED) is 0.120. The van der Waals surface area contributed by atoms with Crippen molar-refractivity contribution in [2.45, 2.75) is 153 Å². The van der Waals surface area contributed by atoms with Crippen LogP contribution in [-0.2, 0) is 42.4 Å². The van der Waals surface area contributed by atoms with Crippen LogP contribution in [-0.4, -0.2) is 121 Å². The fourth-order valence-electron chi connectivity index (χ4n) is 8.73. The zero-order valence-corrected chi connectivity index (χ0v) is 37.6. The van der Waals surface area contributed by atoms with Gasteiger partial charge in [0.15, 0.2) is 5.79 Å². The van der Waals surface area contributed by atoms with E-state index in [-0.39, 0.29) is 42.9 Å². The number of ether oxygens (including phenoxy) is 5. The number of nitrogens with zero attached hydrogens (tertiary/aromatic N) is 4. The predicted octanol–water partition coefficient (Wildman–Crippen LogP) is 5.90. The first-order valence-corrected chi connectivity index (χ1v) is 23.2. The van der Waals surface area contributed by atoms with Gasteiger partial charge in [-0.1, -0.05) is 78.1 Å². The first-order valence-electron chi connectivity index (χ1n) is 21.8. The summed E-state index contributed by atoms with van der Waals surface area (Å²) in [5.41, 5.74) is 2.38. The number of aryl methyl sites for hydroxylation is 2. The van der Waals surface area contributed by atoms with Crippen molar-refractivity contribution in [2.24, 2.45) is 7.05 Å². The van der Waals surface area contributed by atoms with Crippen molar-refractivity contribution >= 4 is 34.0 Å². The van der Waals surface area contributed by atoms with Gasteiger partial charge < -0.3 is 39.4 Å². The smallest absolute Gasteiger partial charge is 0.273 e. The molecule has 3 N–H and O–H groups in total. The highest BCUT2D eigenvalue weighted by Gasteiger charge is 2.65. The second-order valence-corrected chi connectivity index (χ2v) is 18.6. The van der Waals surface area contributed by atoms with E-state index in [1.807, 2.05) is 20.8 Å². The van der Waals surface area contributed by atoms with E-state index in [0.717, 1.165) is 25.0 Å². The Bertz CT molecular complexity index is 1790. The summed E-state index contributed by atoms with van der Waals surface area (Å²) in [6, 6.07) is 4.80. The van der Waals surface area contributed by atoms with Gasteiger partial charge in [0.1, 0.15) is 42.5 Å². The van der Waals surface area contributed by atoms with Gasteiger partial charge in [0.25, 0.3) is 5.91 Å². The molecule has 4 aliphatic rings. The van der Waals surface area contributed by atoms with Crippen molar-refractivity contribution in [3.63, 3.8) is 0 Å². The first-order chi connectivity index (χ1) is 27.8. The van der Waals surface area contributed by atoms with E-state index in [9.17, 15) is 18.3 Å². The van der Waals surface area contributed by atoms with Crippen LogP contribution in [0, 0.1) is 0 Å². The molecule has 334 valence electrons. The van der Waals surface area contributed by atoms with Crippen LogP contribution < -0.4 is 15.4 Å². The van der Waals surface area contributed by atoms with Crippen LogP contribution in [0.25, 0.3) is 0 Å². The Labute approximate surface area is 357 Å². The van der Waals surface area contributed by atoms with Crippen LogP contribution in [0.4, 0.5) is 5.69 Å². The average molecular weight is 870 g/mol. The number of aromatic nitrogens is 2. The third-order valence-electron chi connectivity index (χ3n) is 11.6. The molecule has 59 heavy (non-hydrogen) atoms. The van der Waals surface area contributed by atoms with Crippen LogP contribution in [0.5, 0.6) is 5.75 Å². The number of benzene rings is 1. The number of hydrogen-bond donors (Lipinski definition) is 3. The molecule has 1 aromatic heterocycles. The van der Waals surface area contributed by atoms with Crippen molar-refractivity contribution in [3.8, 4) is 5.75 Å². The normalized spacial score (nSPS) is 25.6. The summed E-state index contributed by atoms with van der Waals surface area (Å²) in [6.07, 6.45) is 11.0. The zero-order valence-electron chi connectivity index (χ0n) is 36.0. The highest BCUT2D eigenvalue weighted by Crippen LogP contribution is 2.46. The highest BCUT2D eigenvalue weighted by atomic mass is 35.5. The van der Waals surface area contributed by atoms with Gasteiger partial charge in [0.05, 0.1) is 22.9 Å². The van der Waals surface area contributed by atoms with E-state index >= 15 is 0 Å². The maximum atomic E-state index is 14.1. The van der Waals surface area contributed by atoms with Crippen molar-refractivity contribution in [1.82, 2.24) is 24.3 Å². The third kappa shape index (κ3) is 11.1. The molecule has 1 aromatic carbocycles. The van der Waals surface area contributed by atoms with E-state index in [0.29, 0.717) is 62.0 Å². The summed E-state index contributed by atoms with van der Waals surface area (Å²) in [4.78, 5) is 15.5. The molecule has 17 heteroatoms. The molecular weight excluding hydrogens is 800 g/mol. The molecule has 2 aromatic rings. The monoisotopic (exact) mass is 868 g/mol. The van der Waals surface area contributed by atoms with Gasteiger partial charge in [0.2, 0.25) is 15.8 Å². The Kier molecular flexibility index (Phi) is 16.9. The minimum Gasteiger partial charge on any atom is -0.493 e. The average Bonchev–Trinajstić information content (AvgIpc) is 3.74. The number of unbranched alkanes of at least 4 members (excludes halogenated alkanes) is 9. The third-order valence-corrected chi connectivity index (χ3v) is 13.5. The summed E-state index contributed by atoms with van der Waals surface area (Å²) < 4.78 is 62.3. The number of aliphatic hydroxyl groups excluding tert-OH is 1. The number of amides is 1. The molecule has 15 nitrogen and oxygen atoms in total. The van der Waals surface area contributed by atoms with Gasteiger partial charge in [-0.2, -0.15) is 9.40 Å². The molecule has 5 heterocycles. The molecule has 4 aliphatic heterocycles. The first kappa shape index (κ1) is 47.5. The Morgan fingerprint density at radius 3 is 2.27 bits per heavy atom. The molecule has 0 bridgehead atoms. The van der Waals surface area contributed by atoms with E-state index in [1.165, 1.54) is 55.7 Å². The van der Waals surface area contributed by atoms with E-state index in [1.54, 1.807) is 29.9 Å². The number of piperazine rings is 1. The lowest BCUT2D eigenvalue weighted by atomic mass is 10.1. The van der Waals surface area contributed by atoms with Gasteiger partial charge in [0, 0.05) is 51.9 Å². The Balaban J connectivity index is 0.00000661. The number of sulfonamides is 1. The maximum Gasteiger partial charge on any atom is 0.273 e. The molecule has 0 aliphatic carbocycles. The lowest BCUT2D eigenvalue weighted by Gasteiger charge is -2.36. The van der Waals surface area contributed by atoms with E-state index < -0.39 is 46.1 Å². The van der Waals surface area contributed by atoms with Gasteiger partial charge in [-0.15, -0.1) is 12.4 Å². The minimum atomic E-state index is -3.91. The molecule has 3 fully saturated rings. The van der Waals surface area contributed by atoms with E-state index in [4.69, 9.17) is 23.7 Å². The standard InChI is InChI=1S/C42H68N6O9S.ClH/c1-7-10-11-12-13-14-15-16-17-18-26-53-29-42-38(56-41(4,5)57-42)37(49)34(55-42)28-47-22-24-48(25-23-47)58(51,52)30-20-21-33(54-9-3)31(27-30)39-43-35-32(19-8-2)45-46(6)36(35)40(50)44-39;/h20-21,27,34,37-39,43,49H,7-19,22-26,28-29H2,1-6H3,(H,44,50);1H/t34-,37+,38-,39?,42-;/m0./s1. The predicted molar refractivity (Wildman–Crippen MR) is 227 cm³/mol. The number of halogens is 1. The number of carbonyl (C=O) groups excluding carboxylic acids is 1. The van der Waals surface area contributed by atoms with Crippen molar-refractivity contribution in [2.75, 3.05) is 57.9 Å². The number of rotatable bonds is 22. The Morgan fingerprint density at radius 1 is 0.932 bits per heavy atom. The summed E-state index contributed by atoms with van der Waals surface area (Å²) >= 11 is 0. The molecule has 0 spiro atoms. The van der Waals surface area contributed by atoms with Crippen LogP contribution in [0.3, 0.4) is 0 Å². The fourth-order valence-corrected chi connectivity index (χ4v) is 10.2. The summed E-state index contributed by atoms with van der Waals surface area (Å²) in [7, 11) is -2.17. The molecule has 0 radical (unpaired) electrons. The number of nitrogens with one attached hydrogen (secondary N) is 2. The molecule has 3 saturated heterocycles. The number of hydrogen-bond acceptors (Lipinski definition) is 12. The Hall–Kier alpha value is -2.54. The topological polar surface area (TPSA) is 166 Å². The maximum absolute atomic E-state index is 14.1. The highest BCUT2D eigenvalue weighted by molar-refractivity contribution is 7.89. The molecular formula is C42H69ClN6O9S. The lowest BCUT2D eigenvalue weighted by Crippen LogP contribution is -2.51. The number of carbonyl (C=O) groups is 1. The van der Waals surface area contributed by atoms with Gasteiger partial charge >= 0.3 is 0 Å². The van der Waals surface area contributed by atoms with Gasteiger partial charge in [-0.3, -0.25) is 14.4 Å². The van der Waals surface area contributed by atoms with Crippen LogP contribution >= 0.6 is 12.4 Å². The second kappa shape index (κ2) is 21.0. The number of aliphatic hydroxyl groups is 1. The Morgan fingerprint density at radius 2 is 1.61 bits per heavy atom. The SMILES string of the molecule is CCCCCCCCCCCCOC[C@@]12O[C@@H](CN3CCN(S(=O)(=O)c4ccc(OCC)c(C5NC(=O)c6c(c(CCC)nn6C)N5)c4)CC3)[C@@H](O)[C@@H]1OC(C)(C)O2.Cl. The van der Waals surface area contributed by atoms with Crippen molar-refractivity contribution < 1.29 is 42.0 Å². The fraction of sp³-hybridized carbons (Fsp3) is 0.762. The second-order valence-electron chi connectivity index (χ2n) is 16.7. The summed E-state index contributed by atoms with van der Waals surface area (Å²) in [5, 5.41) is 22.4. The molecule has 1 unspecified atom stereocenters. The van der Waals surface area contributed by atoms with Crippen LogP contribution in [0.1, 0.15) is 133 Å². The van der Waals surface area contributed by atoms with Crippen LogP contribution in [0.15, 0.2) is 23.1 Å². The van der Waals surface area contributed by atoms with Crippen LogP contribution in [0.2, 0.25) is 0 Å². The minimum absolute atomic E-state index is 0. The molecule has 1 amide bonds. The zero-order chi connectivity index (χ0) is 41.5. The summed E-state index contributed by atoms with van der Waals surface area (Å²) in [5.74, 6) is -1.97. The largest absolute Gasteiger partial charge is 0.493 e. The number of fused-ring (bicyclic) bond motifs is 2. The molecule has 0 saturated carbocycles. The van der Waals surface area contributed by atoms with E-state index in [2.05, 4.69) is 34.5 Å². The van der Waals surface area contributed by atoms with Crippen molar-refractivity contribution in [1.29, 1.82) is 0 Å². The van der Waals surface area contributed by atoms with Gasteiger partial charge in [-0.25, -0.2) is 8.42 Å². The molecule has 6 rings (SSSR count). The molecule has 5 atom stereocenters. The summed E-state index contributed by atoms with van der Waals surface area (Å²) in [6.45, 7) is 12.7. The van der Waals surface area contributed by atoms with Gasteiger partial charge in [-0.05, 0) is 51.8 Å². The van der Waals surface area contributed by atoms with Crippen molar-refractivity contribution in [3.05, 3.63) is 35.2 Å². The lowest BCUT2D eigenvalue weighted by molar-refractivity contribution is -0.279.